The predicted octanol–water partition coefficient (Wildman–Crippen LogP) is 4.70. The summed E-state index contributed by atoms with van der Waals surface area (Å²) < 4.78 is 107. The molecule has 254 valence electrons. The average molecular weight is 688 g/mol. The Bertz CT molecular complexity index is 1170. The lowest BCUT2D eigenvalue weighted by Crippen LogP contribution is -2.41. The number of halogens is 9. The van der Waals surface area contributed by atoms with E-state index >= 15 is 0 Å². The lowest BCUT2D eigenvalue weighted by molar-refractivity contribution is -0.193. The van der Waals surface area contributed by atoms with Gasteiger partial charge in [0.15, 0.2) is 0 Å². The monoisotopic (exact) mass is 687 g/mol. The second-order valence-electron chi connectivity index (χ2n) is 8.95. The quantitative estimate of drug-likeness (QED) is 0.374. The maximum Gasteiger partial charge on any atom is 0.490 e. The third kappa shape index (κ3) is 14.8. The number of hydrogen-bond acceptors (Lipinski definition) is 9. The summed E-state index contributed by atoms with van der Waals surface area (Å²) >= 11 is 1.67. The van der Waals surface area contributed by atoms with Crippen molar-refractivity contribution in [3.8, 4) is 0 Å². The molecule has 2 aliphatic rings. The number of carbonyl (C=O) groups is 3. The van der Waals surface area contributed by atoms with Gasteiger partial charge in [0.25, 0.3) is 0 Å². The van der Waals surface area contributed by atoms with Crippen LogP contribution < -0.4 is 0 Å². The first-order chi connectivity index (χ1) is 20.6. The van der Waals surface area contributed by atoms with Crippen molar-refractivity contribution >= 4 is 29.2 Å². The van der Waals surface area contributed by atoms with Gasteiger partial charge in [0.05, 0.1) is 23.4 Å². The minimum Gasteiger partial charge on any atom is -0.475 e. The van der Waals surface area contributed by atoms with Crippen molar-refractivity contribution in [3.63, 3.8) is 0 Å². The van der Waals surface area contributed by atoms with Crippen LogP contribution in [0, 0.1) is 6.92 Å². The Kier molecular flexibility index (Phi) is 15.1. The Morgan fingerprint density at radius 3 is 1.96 bits per heavy atom. The second kappa shape index (κ2) is 17.2. The number of aryl methyl sites for hydroxylation is 1. The summed E-state index contributed by atoms with van der Waals surface area (Å²) in [7, 11) is 0. The van der Waals surface area contributed by atoms with E-state index in [1.165, 1.54) is 12.0 Å². The lowest BCUT2D eigenvalue weighted by Gasteiger charge is -2.32. The van der Waals surface area contributed by atoms with Crippen LogP contribution >= 0.6 is 11.3 Å². The second-order valence-corrected chi connectivity index (χ2v) is 10.0. The number of rotatable bonds is 5. The Morgan fingerprint density at radius 1 is 1.00 bits per heavy atom. The van der Waals surface area contributed by atoms with Crippen molar-refractivity contribution < 1.29 is 78.7 Å². The molecule has 2 aliphatic heterocycles. The van der Waals surface area contributed by atoms with Crippen LogP contribution in [-0.4, -0.2) is 98.0 Å². The van der Waals surface area contributed by atoms with Crippen LogP contribution in [0.3, 0.4) is 0 Å². The Balaban J connectivity index is 0.000000396. The molecule has 2 saturated heterocycles. The number of carboxylic acid groups (broad SMARTS) is 3. The fourth-order valence-corrected chi connectivity index (χ4v) is 4.32. The van der Waals surface area contributed by atoms with E-state index in [1.807, 2.05) is 25.4 Å². The summed E-state index contributed by atoms with van der Waals surface area (Å²) in [5, 5.41) is 24.5. The maximum atomic E-state index is 10.6. The highest BCUT2D eigenvalue weighted by molar-refractivity contribution is 7.09. The van der Waals surface area contributed by atoms with E-state index in [0.717, 1.165) is 36.8 Å². The molecule has 45 heavy (non-hydrogen) atoms. The zero-order valence-electron chi connectivity index (χ0n) is 22.9. The first kappa shape index (κ1) is 39.5. The average Bonchev–Trinajstić information content (AvgIpc) is 3.50. The molecular weight excluding hydrogens is 661 g/mol. The summed E-state index contributed by atoms with van der Waals surface area (Å²) in [5.74, 6) is -8.27. The molecule has 2 aromatic rings. The molecule has 0 aromatic carbocycles. The molecule has 4 heterocycles. The van der Waals surface area contributed by atoms with Crippen molar-refractivity contribution in [3.05, 3.63) is 46.2 Å². The molecule has 0 saturated carbocycles. The Labute approximate surface area is 252 Å². The topological polar surface area (TPSA) is 159 Å². The van der Waals surface area contributed by atoms with Gasteiger partial charge in [0.2, 0.25) is 0 Å². The standard InChI is InChI=1S/C18H23N3O2S.3C2HF3O2/c1-13-20-15(12-24-13)11-23-17-10-21(9-14-4-2-6-19-8-14)16-5-3-7-22-18(16)17;3*3-2(4,5)1(6)7/h2,4,6,8,12,16-18H,3,5,7,9-11H2,1H3;3*(H,6,7)/t16-,17-,18+;;;/m1.../s1. The highest BCUT2D eigenvalue weighted by Gasteiger charge is 2.44. The number of thiazole rings is 1. The SMILES string of the molecule is Cc1nc(CO[C@@H]2CN(Cc3cccnc3)[C@@H]3CCCO[C@@H]32)cs1.O=C(O)C(F)(F)F.O=C(O)C(F)(F)F.O=C(O)C(F)(F)F. The molecule has 0 amide bonds. The lowest BCUT2D eigenvalue weighted by atomic mass is 10.0. The van der Waals surface area contributed by atoms with Crippen LogP contribution in [-0.2, 0) is 37.0 Å². The molecule has 0 unspecified atom stereocenters. The number of likely N-dealkylation sites (tertiary alicyclic amines) is 1. The summed E-state index contributed by atoms with van der Waals surface area (Å²) in [4.78, 5) is 37.9. The van der Waals surface area contributed by atoms with Crippen molar-refractivity contribution in [1.82, 2.24) is 14.9 Å². The van der Waals surface area contributed by atoms with Gasteiger partial charge in [0.1, 0.15) is 6.10 Å². The largest absolute Gasteiger partial charge is 0.490 e. The minimum absolute atomic E-state index is 0.119. The highest BCUT2D eigenvalue weighted by Crippen LogP contribution is 2.32. The molecule has 21 heteroatoms. The zero-order chi connectivity index (χ0) is 34.6. The molecule has 0 radical (unpaired) electrons. The summed E-state index contributed by atoms with van der Waals surface area (Å²) in [6.45, 7) is 5.26. The number of aromatic nitrogens is 2. The normalized spacial score (nSPS) is 19.8. The van der Waals surface area contributed by atoms with E-state index in [1.54, 1.807) is 11.3 Å². The predicted molar refractivity (Wildman–Crippen MR) is 134 cm³/mol. The molecule has 0 aliphatic carbocycles. The van der Waals surface area contributed by atoms with Crippen LogP contribution in [0.5, 0.6) is 0 Å². The van der Waals surface area contributed by atoms with E-state index in [4.69, 9.17) is 39.2 Å². The fourth-order valence-electron chi connectivity index (χ4n) is 3.73. The van der Waals surface area contributed by atoms with Gasteiger partial charge in [0, 0.05) is 43.5 Å². The van der Waals surface area contributed by atoms with Crippen molar-refractivity contribution in [2.24, 2.45) is 0 Å². The first-order valence-corrected chi connectivity index (χ1v) is 13.2. The molecule has 3 atom stereocenters. The molecule has 11 nitrogen and oxygen atoms in total. The summed E-state index contributed by atoms with van der Waals surface area (Å²) in [6, 6.07) is 4.58. The van der Waals surface area contributed by atoms with Gasteiger partial charge in [-0.1, -0.05) is 6.07 Å². The van der Waals surface area contributed by atoms with Crippen LogP contribution in [0.1, 0.15) is 29.1 Å². The smallest absolute Gasteiger partial charge is 0.475 e. The van der Waals surface area contributed by atoms with Crippen LogP contribution in [0.25, 0.3) is 0 Å². The number of nitrogens with zero attached hydrogens (tertiary/aromatic N) is 3. The summed E-state index contributed by atoms with van der Waals surface area (Å²) in [6.07, 6.45) is -8.88. The van der Waals surface area contributed by atoms with Crippen LogP contribution in [0.15, 0.2) is 29.9 Å². The number of aliphatic carboxylic acids is 3. The molecule has 0 spiro atoms. The molecule has 0 bridgehead atoms. The number of ether oxygens (including phenoxy) is 2. The van der Waals surface area contributed by atoms with Gasteiger partial charge >= 0.3 is 36.4 Å². The Morgan fingerprint density at radius 2 is 1.53 bits per heavy atom. The minimum atomic E-state index is -5.08. The molecule has 2 fully saturated rings. The first-order valence-electron chi connectivity index (χ1n) is 12.3. The van der Waals surface area contributed by atoms with Crippen molar-refractivity contribution in [1.29, 1.82) is 0 Å². The Hall–Kier alpha value is -3.56. The number of pyridine rings is 1. The van der Waals surface area contributed by atoms with Crippen LogP contribution in [0.2, 0.25) is 0 Å². The summed E-state index contributed by atoms with van der Waals surface area (Å²) in [5.41, 5.74) is 2.27. The van der Waals surface area contributed by atoms with E-state index in [-0.39, 0.29) is 12.2 Å². The van der Waals surface area contributed by atoms with Gasteiger partial charge in [-0.25, -0.2) is 19.4 Å². The molecule has 3 N–H and O–H groups in total. The van der Waals surface area contributed by atoms with Gasteiger partial charge in [-0.15, -0.1) is 11.3 Å². The van der Waals surface area contributed by atoms with E-state index in [2.05, 4.69) is 26.3 Å². The number of alkyl halides is 9. The number of hydrogen-bond donors (Lipinski definition) is 3. The third-order valence-corrected chi connectivity index (χ3v) is 6.35. The number of fused-ring (bicyclic) bond motifs is 1. The van der Waals surface area contributed by atoms with Gasteiger partial charge in [-0.3, -0.25) is 9.88 Å². The van der Waals surface area contributed by atoms with Crippen molar-refractivity contribution in [2.75, 3.05) is 13.2 Å². The van der Waals surface area contributed by atoms with Gasteiger partial charge in [-0.2, -0.15) is 39.5 Å². The number of carboxylic acids is 3. The molecule has 4 rings (SSSR count). The van der Waals surface area contributed by atoms with Crippen LogP contribution in [0.4, 0.5) is 39.5 Å². The third-order valence-electron chi connectivity index (χ3n) is 5.53. The molecular formula is C24H26F9N3O8S. The van der Waals surface area contributed by atoms with E-state index in [9.17, 15) is 39.5 Å². The maximum absolute atomic E-state index is 10.6. The van der Waals surface area contributed by atoms with Gasteiger partial charge < -0.3 is 24.8 Å². The molecule has 2 aromatic heterocycles. The van der Waals surface area contributed by atoms with Gasteiger partial charge in [-0.05, 0) is 31.4 Å². The fraction of sp³-hybridized carbons (Fsp3) is 0.542. The van der Waals surface area contributed by atoms with Crippen molar-refractivity contribution in [2.45, 2.75) is 69.7 Å². The van der Waals surface area contributed by atoms with E-state index in [0.29, 0.717) is 12.6 Å². The zero-order valence-corrected chi connectivity index (χ0v) is 23.7. The highest BCUT2D eigenvalue weighted by atomic mass is 32.1. The van der Waals surface area contributed by atoms with E-state index < -0.39 is 36.4 Å².